The number of amides is 1. The third kappa shape index (κ3) is 17.7. The Labute approximate surface area is 513 Å². The molecule has 3 aliphatic rings. The van der Waals surface area contributed by atoms with Gasteiger partial charge in [-0.25, -0.2) is 0 Å². The van der Waals surface area contributed by atoms with E-state index in [1.807, 2.05) is 90.0 Å². The molecule has 17 atom stereocenters. The van der Waals surface area contributed by atoms with E-state index in [1.54, 1.807) is 32.8 Å². The van der Waals surface area contributed by atoms with E-state index in [0.29, 0.717) is 34.3 Å². The van der Waals surface area contributed by atoms with Crippen LogP contribution >= 0.6 is 42.1 Å². The molecule has 468 valence electrons. The average Bonchev–Trinajstić information content (AvgIpc) is 3.54. The number of aliphatic hydroxyl groups is 4. The van der Waals surface area contributed by atoms with Crippen LogP contribution in [-0.4, -0.2) is 161 Å². The number of benzene rings is 3. The van der Waals surface area contributed by atoms with Crippen molar-refractivity contribution in [3.63, 3.8) is 0 Å². The first-order chi connectivity index (χ1) is 39.1. The van der Waals surface area contributed by atoms with Gasteiger partial charge in [-0.15, -0.1) is 0 Å². The van der Waals surface area contributed by atoms with Gasteiger partial charge < -0.3 is 43.9 Å². The summed E-state index contributed by atoms with van der Waals surface area (Å²) in [6, 6.07) is 23.6. The number of methoxy groups -OCH3 is 1. The van der Waals surface area contributed by atoms with Crippen LogP contribution in [0.3, 0.4) is 0 Å². The van der Waals surface area contributed by atoms with Gasteiger partial charge in [0.1, 0.15) is 6.10 Å². The van der Waals surface area contributed by atoms with Gasteiger partial charge in [0.25, 0.3) is 0 Å². The summed E-state index contributed by atoms with van der Waals surface area (Å²) in [6.45, 7) is 19.4. The van der Waals surface area contributed by atoms with Gasteiger partial charge in [0.2, 0.25) is 0 Å². The van der Waals surface area contributed by atoms with Gasteiger partial charge in [-0.1, -0.05) is 20.8 Å². The summed E-state index contributed by atoms with van der Waals surface area (Å²) in [6.07, 6.45) is 3.45. The molecule has 3 aromatic rings. The fourth-order valence-corrected chi connectivity index (χ4v) is 19.8. The van der Waals surface area contributed by atoms with Crippen LogP contribution in [0.4, 0.5) is 0 Å². The number of hydrogen-bond acceptors (Lipinski definition) is 12. The first-order valence-corrected chi connectivity index (χ1v) is 34.1. The Balaban J connectivity index is 1.24. The van der Waals surface area contributed by atoms with E-state index in [0.717, 1.165) is 38.3 Å². The van der Waals surface area contributed by atoms with E-state index in [-0.39, 0.29) is 87.2 Å². The minimum absolute atomic E-state index is 0.0477. The molecular formula is C66H102Cl3N2O11P. The summed E-state index contributed by atoms with van der Waals surface area (Å²) in [5.74, 6) is -3.36. The quantitative estimate of drug-likeness (QED) is 0.0481. The predicted molar refractivity (Wildman–Crippen MR) is 339 cm³/mol. The number of halogens is 3. The summed E-state index contributed by atoms with van der Waals surface area (Å²) in [5, 5.41) is 55.7. The number of hydrogen-bond donors (Lipinski definition) is 4. The SMILES string of the molecule is CC[C@H]1OC(=O)[C@H](C)[C@@H](COC[C@H]2C[C@@](C)(OC)C[C@H](C)O2)[C@H](C)[C@@H](C[C@@H]2O[C@H](C)C[C@H](N(C)C)[C@H]2O)[C@](C)(O)C[C@@H](C)CN(C(=O)CCCCCCC[PH](c2ccc(Cl)cc2)(c2ccc(Cl)cc2)c2ccc(Cl)cc2)[C@H](C)[C@@H](O)[C@]1(C)O. The Kier molecular flexibility index (Phi) is 25.7. The van der Waals surface area contributed by atoms with E-state index >= 15 is 0 Å². The predicted octanol–water partition coefficient (Wildman–Crippen LogP) is 10.8. The van der Waals surface area contributed by atoms with Crippen molar-refractivity contribution in [3.8, 4) is 0 Å². The van der Waals surface area contributed by atoms with Crippen LogP contribution in [0, 0.1) is 29.6 Å². The van der Waals surface area contributed by atoms with Gasteiger partial charge in [-0.3, -0.25) is 4.79 Å². The standard InChI is InChI=1S/C66H102Cl3N2O11P/c1-14-59-66(10,77)62(74)47(7)71(60(72)20-18-16-15-17-19-33-83(52-27-21-48(67)22-28-52,53-29-23-49(68)24-30-53)54-31-25-50(69)26-32-54)39-42(2)36-65(9,76)56(35-58-61(73)57(70(11)12)34-43(3)81-58)45(5)55(46(6)63(75)82-59)41-79-40-51-38-64(8,78-13)37-44(4)80-51/h21-32,42-47,51,55-59,61-62,73-74,76-77,83H,14-20,33-41H2,1-13H3/t42-,43-,44+,45+,46-,47-,51-,55+,56-,57+,58+,59-,61-,62-,64+,65-,66-/m1/s1. The third-order valence-electron chi connectivity index (χ3n) is 19.3. The number of carbonyl (C=O) groups is 2. The van der Waals surface area contributed by atoms with Crippen molar-refractivity contribution in [3.05, 3.63) is 87.9 Å². The number of esters is 1. The molecule has 17 heteroatoms. The summed E-state index contributed by atoms with van der Waals surface area (Å²) in [4.78, 5) is 33.3. The molecule has 0 spiro atoms. The molecule has 3 saturated heterocycles. The molecule has 0 saturated carbocycles. The summed E-state index contributed by atoms with van der Waals surface area (Å²) in [7, 11) is 3.02. The summed E-state index contributed by atoms with van der Waals surface area (Å²) >= 11 is 19.4. The number of cyclic esters (lactones) is 1. The van der Waals surface area contributed by atoms with E-state index in [4.69, 9.17) is 58.5 Å². The topological polar surface area (TPSA) is 168 Å². The normalized spacial score (nSPS) is 34.7. The zero-order valence-corrected chi connectivity index (χ0v) is 55.3. The minimum atomic E-state index is -2.61. The first kappa shape index (κ1) is 69.6. The number of aliphatic hydroxyl groups excluding tert-OH is 2. The summed E-state index contributed by atoms with van der Waals surface area (Å²) in [5.41, 5.74) is -3.77. The molecule has 3 fully saturated rings. The number of rotatable bonds is 20. The second kappa shape index (κ2) is 30.6. The van der Waals surface area contributed by atoms with Gasteiger partial charge in [0.05, 0.1) is 60.9 Å². The van der Waals surface area contributed by atoms with Crippen molar-refractivity contribution in [1.29, 1.82) is 0 Å². The number of unbranched alkanes of at least 4 members (excludes halogenated alkanes) is 4. The van der Waals surface area contributed by atoms with Crippen molar-refractivity contribution in [1.82, 2.24) is 9.80 Å². The Morgan fingerprint density at radius 2 is 1.30 bits per heavy atom. The smallest absolute Gasteiger partial charge is 0.383 e. The molecule has 4 N–H and O–H groups in total. The van der Waals surface area contributed by atoms with Gasteiger partial charge in [-0.2, -0.15) is 0 Å². The second-order valence-electron chi connectivity index (χ2n) is 26.2. The molecule has 0 radical (unpaired) electrons. The van der Waals surface area contributed by atoms with Crippen LogP contribution in [-0.2, 0) is 33.3 Å². The Bertz CT molecular complexity index is 2380. The van der Waals surface area contributed by atoms with Gasteiger partial charge in [-0.05, 0) is 85.7 Å². The molecule has 13 nitrogen and oxygen atoms in total. The maximum absolute atomic E-state index is 14.8. The molecule has 0 bridgehead atoms. The van der Waals surface area contributed by atoms with Gasteiger partial charge in [0, 0.05) is 26.0 Å². The van der Waals surface area contributed by atoms with Crippen LogP contribution in [0.1, 0.15) is 146 Å². The van der Waals surface area contributed by atoms with Crippen molar-refractivity contribution in [2.45, 2.75) is 218 Å². The average molecular weight is 1240 g/mol. The van der Waals surface area contributed by atoms with Gasteiger partial charge >= 0.3 is 268 Å². The molecule has 83 heavy (non-hydrogen) atoms. The molecule has 0 unspecified atom stereocenters. The summed E-state index contributed by atoms with van der Waals surface area (Å²) < 4.78 is 31.7. The fraction of sp³-hybridized carbons (Fsp3) is 0.697. The maximum atomic E-state index is 14.8. The van der Waals surface area contributed by atoms with E-state index < -0.39 is 78.6 Å². The van der Waals surface area contributed by atoms with Crippen molar-refractivity contribution < 1.29 is 53.7 Å². The molecular weight excluding hydrogens is 1130 g/mol. The molecule has 0 aromatic heterocycles. The second-order valence-corrected chi connectivity index (χ2v) is 31.6. The first-order valence-electron chi connectivity index (χ1n) is 30.8. The molecule has 0 aliphatic carbocycles. The van der Waals surface area contributed by atoms with Gasteiger partial charge in [0.15, 0.2) is 0 Å². The minimum Gasteiger partial charge on any atom is -0.383 e. The zero-order valence-electron chi connectivity index (χ0n) is 52.0. The zero-order chi connectivity index (χ0) is 61.2. The third-order valence-corrected chi connectivity index (χ3v) is 25.1. The molecule has 3 aromatic carbocycles. The van der Waals surface area contributed by atoms with Crippen molar-refractivity contribution >= 4 is 69.9 Å². The fourth-order valence-electron chi connectivity index (χ4n) is 14.5. The molecule has 3 aliphatic heterocycles. The Morgan fingerprint density at radius 1 is 0.759 bits per heavy atom. The van der Waals surface area contributed by atoms with Crippen LogP contribution < -0.4 is 15.9 Å². The van der Waals surface area contributed by atoms with Crippen LogP contribution in [0.25, 0.3) is 0 Å². The van der Waals surface area contributed by atoms with Crippen molar-refractivity contribution in [2.24, 2.45) is 29.6 Å². The number of nitrogens with zero attached hydrogens (tertiary/aromatic N) is 2. The van der Waals surface area contributed by atoms with Crippen LogP contribution in [0.15, 0.2) is 72.8 Å². The number of likely N-dealkylation sites (N-methyl/N-ethyl adjacent to an activating group) is 1. The Morgan fingerprint density at radius 3 is 1.83 bits per heavy atom. The number of carbonyl (C=O) groups excluding carboxylic acids is 2. The molecule has 3 heterocycles. The van der Waals surface area contributed by atoms with Crippen molar-refractivity contribution in [2.75, 3.05) is 47.1 Å². The molecule has 6 rings (SSSR count). The van der Waals surface area contributed by atoms with E-state index in [9.17, 15) is 30.0 Å². The van der Waals surface area contributed by atoms with Crippen LogP contribution in [0.5, 0.6) is 0 Å². The number of ether oxygens (including phenoxy) is 5. The van der Waals surface area contributed by atoms with E-state index in [2.05, 4.69) is 43.3 Å². The van der Waals surface area contributed by atoms with Crippen LogP contribution in [0.2, 0.25) is 15.1 Å². The van der Waals surface area contributed by atoms with E-state index in [1.165, 1.54) is 22.8 Å². The molecule has 1 amide bonds. The monoisotopic (exact) mass is 1230 g/mol. The Hall–Kier alpha value is -2.46.